The fourth-order valence-corrected chi connectivity index (χ4v) is 5.67. The van der Waals surface area contributed by atoms with E-state index in [1.54, 1.807) is 30.3 Å². The van der Waals surface area contributed by atoms with Gasteiger partial charge in [0.2, 0.25) is 21.8 Å². The molecule has 2 fully saturated rings. The van der Waals surface area contributed by atoms with Crippen molar-refractivity contribution in [3.63, 3.8) is 0 Å². The average molecular weight is 481 g/mol. The first-order valence-electron chi connectivity index (χ1n) is 11.7. The largest absolute Gasteiger partial charge is 0.379 e. The first kappa shape index (κ1) is 25.6. The number of carbonyl (C=O) groups is 2. The minimum Gasteiger partial charge on any atom is -0.379 e. The van der Waals surface area contributed by atoms with E-state index in [-0.39, 0.29) is 41.6 Å². The minimum atomic E-state index is -3.56. The van der Waals surface area contributed by atoms with Crippen molar-refractivity contribution in [3.05, 3.63) is 30.3 Å². The van der Waals surface area contributed by atoms with E-state index < -0.39 is 16.1 Å². The van der Waals surface area contributed by atoms with E-state index in [4.69, 9.17) is 4.74 Å². The third-order valence-electron chi connectivity index (χ3n) is 6.28. The van der Waals surface area contributed by atoms with Gasteiger partial charge in [-0.05, 0) is 30.9 Å². The third kappa shape index (κ3) is 6.99. The Morgan fingerprint density at radius 3 is 2.30 bits per heavy atom. The highest BCUT2D eigenvalue weighted by Gasteiger charge is 2.34. The summed E-state index contributed by atoms with van der Waals surface area (Å²) in [5, 5.41) is 5.85. The second-order valence-corrected chi connectivity index (χ2v) is 10.9. The third-order valence-corrected chi connectivity index (χ3v) is 8.20. The summed E-state index contributed by atoms with van der Waals surface area (Å²) in [4.78, 5) is 28.1. The standard InChI is InChI=1S/C23H36N4O5S/c1-18(2)21(23(29)24-10-13-26-14-16-32-17-15-26)25-22(28)19-8-11-27(12-9-19)33(30,31)20-6-4-3-5-7-20/h3-7,18-19,21H,8-17H2,1-2H3,(H,24,29)(H,25,28)/t21-/m1/s1. The summed E-state index contributed by atoms with van der Waals surface area (Å²) in [5.74, 6) is -0.741. The van der Waals surface area contributed by atoms with Crippen molar-refractivity contribution in [1.82, 2.24) is 19.8 Å². The average Bonchev–Trinajstić information content (AvgIpc) is 2.83. The van der Waals surface area contributed by atoms with E-state index in [0.29, 0.717) is 32.6 Å². The van der Waals surface area contributed by atoms with Gasteiger partial charge < -0.3 is 15.4 Å². The molecule has 33 heavy (non-hydrogen) atoms. The molecule has 0 aliphatic carbocycles. The van der Waals surface area contributed by atoms with Crippen molar-refractivity contribution < 1.29 is 22.7 Å². The van der Waals surface area contributed by atoms with E-state index in [0.717, 1.165) is 19.6 Å². The lowest BCUT2D eigenvalue weighted by Crippen LogP contribution is -2.53. The van der Waals surface area contributed by atoms with Crippen LogP contribution in [-0.4, -0.2) is 88.0 Å². The lowest BCUT2D eigenvalue weighted by atomic mass is 9.95. The van der Waals surface area contributed by atoms with Crippen molar-refractivity contribution in [2.24, 2.45) is 11.8 Å². The van der Waals surface area contributed by atoms with Gasteiger partial charge in [-0.15, -0.1) is 0 Å². The summed E-state index contributed by atoms with van der Waals surface area (Å²) in [6.45, 7) is 8.80. The molecule has 184 valence electrons. The number of benzene rings is 1. The Kier molecular flexibility index (Phi) is 9.25. The summed E-state index contributed by atoms with van der Waals surface area (Å²) in [6.07, 6.45) is 0.864. The summed E-state index contributed by atoms with van der Waals surface area (Å²) < 4.78 is 32.4. The normalized spacial score (nSPS) is 19.8. The molecule has 0 spiro atoms. The molecule has 1 aromatic carbocycles. The summed E-state index contributed by atoms with van der Waals surface area (Å²) in [7, 11) is -3.56. The molecule has 0 aromatic heterocycles. The van der Waals surface area contributed by atoms with E-state index in [9.17, 15) is 18.0 Å². The fraction of sp³-hybridized carbons (Fsp3) is 0.652. The monoisotopic (exact) mass is 480 g/mol. The maximum Gasteiger partial charge on any atom is 0.243 e. The molecule has 1 aromatic rings. The molecule has 2 aliphatic heterocycles. The van der Waals surface area contributed by atoms with Gasteiger partial charge in [-0.1, -0.05) is 32.0 Å². The predicted octanol–water partition coefficient (Wildman–Crippen LogP) is 0.677. The highest BCUT2D eigenvalue weighted by atomic mass is 32.2. The van der Waals surface area contributed by atoms with Crippen molar-refractivity contribution >= 4 is 21.8 Å². The van der Waals surface area contributed by atoms with E-state index in [1.807, 2.05) is 13.8 Å². The summed E-state index contributed by atoms with van der Waals surface area (Å²) in [5.41, 5.74) is 0. The number of ether oxygens (including phenoxy) is 1. The maximum absolute atomic E-state index is 12.9. The number of hydrogen-bond donors (Lipinski definition) is 2. The molecule has 0 saturated carbocycles. The molecule has 0 unspecified atom stereocenters. The lowest BCUT2D eigenvalue weighted by Gasteiger charge is -2.32. The van der Waals surface area contributed by atoms with Gasteiger partial charge >= 0.3 is 0 Å². The smallest absolute Gasteiger partial charge is 0.243 e. The zero-order chi connectivity index (χ0) is 23.8. The lowest BCUT2D eigenvalue weighted by molar-refractivity contribution is -0.132. The number of nitrogens with one attached hydrogen (secondary N) is 2. The molecular weight excluding hydrogens is 444 g/mol. The Hall–Kier alpha value is -2.01. The number of nitrogens with zero attached hydrogens (tertiary/aromatic N) is 2. The highest BCUT2D eigenvalue weighted by molar-refractivity contribution is 7.89. The number of amides is 2. The van der Waals surface area contributed by atoms with Gasteiger partial charge in [0, 0.05) is 45.2 Å². The van der Waals surface area contributed by atoms with Crippen LogP contribution in [0.1, 0.15) is 26.7 Å². The van der Waals surface area contributed by atoms with Crippen LogP contribution < -0.4 is 10.6 Å². The Balaban J connectivity index is 1.48. The predicted molar refractivity (Wildman–Crippen MR) is 125 cm³/mol. The Bertz CT molecular complexity index is 879. The molecule has 0 bridgehead atoms. The molecule has 2 amide bonds. The zero-order valence-corrected chi connectivity index (χ0v) is 20.4. The van der Waals surface area contributed by atoms with Crippen LogP contribution in [0, 0.1) is 11.8 Å². The van der Waals surface area contributed by atoms with Crippen molar-refractivity contribution in [3.8, 4) is 0 Å². The van der Waals surface area contributed by atoms with Gasteiger partial charge in [0.05, 0.1) is 18.1 Å². The van der Waals surface area contributed by atoms with Gasteiger partial charge in [-0.2, -0.15) is 4.31 Å². The molecule has 1 atom stereocenters. The van der Waals surface area contributed by atoms with Gasteiger partial charge in [0.1, 0.15) is 6.04 Å². The molecule has 3 rings (SSSR count). The SMILES string of the molecule is CC(C)[C@@H](NC(=O)C1CCN(S(=O)(=O)c2ccccc2)CC1)C(=O)NCCN1CCOCC1. The second kappa shape index (κ2) is 11.9. The second-order valence-electron chi connectivity index (χ2n) is 8.97. The van der Waals surface area contributed by atoms with Crippen molar-refractivity contribution in [2.45, 2.75) is 37.6 Å². The van der Waals surface area contributed by atoms with Crippen LogP contribution in [0.25, 0.3) is 0 Å². The van der Waals surface area contributed by atoms with Crippen LogP contribution in [0.3, 0.4) is 0 Å². The van der Waals surface area contributed by atoms with Crippen LogP contribution in [-0.2, 0) is 24.3 Å². The number of carbonyl (C=O) groups excluding carboxylic acids is 2. The van der Waals surface area contributed by atoms with Crippen LogP contribution >= 0.6 is 0 Å². The van der Waals surface area contributed by atoms with Crippen molar-refractivity contribution in [2.75, 3.05) is 52.5 Å². The molecule has 10 heteroatoms. The van der Waals surface area contributed by atoms with E-state index >= 15 is 0 Å². The van der Waals surface area contributed by atoms with E-state index in [2.05, 4.69) is 15.5 Å². The molecule has 2 heterocycles. The van der Waals surface area contributed by atoms with Gasteiger partial charge in [0.15, 0.2) is 0 Å². The molecule has 0 radical (unpaired) electrons. The topological polar surface area (TPSA) is 108 Å². The summed E-state index contributed by atoms with van der Waals surface area (Å²) >= 11 is 0. The van der Waals surface area contributed by atoms with Crippen LogP contribution in [0.2, 0.25) is 0 Å². The Labute approximate surface area is 196 Å². The zero-order valence-electron chi connectivity index (χ0n) is 19.5. The number of morpholine rings is 1. The summed E-state index contributed by atoms with van der Waals surface area (Å²) in [6, 6.07) is 7.72. The first-order chi connectivity index (χ1) is 15.8. The van der Waals surface area contributed by atoms with Gasteiger partial charge in [-0.25, -0.2) is 8.42 Å². The van der Waals surface area contributed by atoms with Gasteiger partial charge in [0.25, 0.3) is 0 Å². The van der Waals surface area contributed by atoms with Crippen LogP contribution in [0.4, 0.5) is 0 Å². The fourth-order valence-electron chi connectivity index (χ4n) is 4.18. The Morgan fingerprint density at radius 1 is 1.06 bits per heavy atom. The highest BCUT2D eigenvalue weighted by Crippen LogP contribution is 2.24. The Morgan fingerprint density at radius 2 is 1.70 bits per heavy atom. The molecule has 2 aliphatic rings. The number of rotatable bonds is 9. The quantitative estimate of drug-likeness (QED) is 0.538. The van der Waals surface area contributed by atoms with Gasteiger partial charge in [-0.3, -0.25) is 14.5 Å². The number of sulfonamides is 1. The molecule has 2 N–H and O–H groups in total. The number of hydrogen-bond acceptors (Lipinski definition) is 6. The van der Waals surface area contributed by atoms with Crippen LogP contribution in [0.5, 0.6) is 0 Å². The maximum atomic E-state index is 12.9. The first-order valence-corrected chi connectivity index (χ1v) is 13.2. The molecule has 9 nitrogen and oxygen atoms in total. The van der Waals surface area contributed by atoms with E-state index in [1.165, 1.54) is 4.31 Å². The number of piperidine rings is 1. The molecular formula is C23H36N4O5S. The van der Waals surface area contributed by atoms with Crippen molar-refractivity contribution in [1.29, 1.82) is 0 Å². The minimum absolute atomic E-state index is 0.0594. The molecule has 2 saturated heterocycles. The van der Waals surface area contributed by atoms with Crippen LogP contribution in [0.15, 0.2) is 35.2 Å².